The SMILES string of the molecule is COc1cc(NC(=O)COC(=O)c2cc(-c3ccc(F)cc3)nc3onc(C)c23)c(OC)cc1Cl. The molecule has 0 saturated carbocycles. The Morgan fingerprint density at radius 1 is 1.09 bits per heavy atom. The van der Waals surface area contributed by atoms with E-state index in [4.69, 9.17) is 30.3 Å². The molecule has 1 amide bonds. The van der Waals surface area contributed by atoms with Crippen LogP contribution in [0.15, 0.2) is 47.0 Å². The molecule has 2 heterocycles. The number of nitrogens with one attached hydrogen (secondary N) is 1. The van der Waals surface area contributed by atoms with E-state index in [1.165, 1.54) is 56.7 Å². The van der Waals surface area contributed by atoms with Gasteiger partial charge < -0.3 is 24.1 Å². The van der Waals surface area contributed by atoms with Crippen LogP contribution >= 0.6 is 11.6 Å². The van der Waals surface area contributed by atoms with E-state index < -0.39 is 24.3 Å². The molecule has 0 unspecified atom stereocenters. The lowest BCUT2D eigenvalue weighted by molar-refractivity contribution is -0.119. The second-order valence-corrected chi connectivity index (χ2v) is 7.73. The highest BCUT2D eigenvalue weighted by Gasteiger charge is 2.22. The second kappa shape index (κ2) is 9.98. The van der Waals surface area contributed by atoms with Crippen LogP contribution in [0, 0.1) is 12.7 Å². The van der Waals surface area contributed by atoms with Crippen LogP contribution in [0.4, 0.5) is 10.1 Å². The fourth-order valence-corrected chi connectivity index (χ4v) is 3.61. The number of esters is 1. The molecule has 1 N–H and O–H groups in total. The van der Waals surface area contributed by atoms with Crippen molar-refractivity contribution in [3.05, 3.63) is 64.6 Å². The van der Waals surface area contributed by atoms with Crippen molar-refractivity contribution in [1.29, 1.82) is 0 Å². The molecular formula is C24H19ClFN3O6. The third-order valence-electron chi connectivity index (χ3n) is 5.06. The molecule has 2 aromatic heterocycles. The maximum atomic E-state index is 13.3. The molecule has 2 aromatic carbocycles. The highest BCUT2D eigenvalue weighted by Crippen LogP contribution is 2.36. The van der Waals surface area contributed by atoms with Gasteiger partial charge in [0.15, 0.2) is 6.61 Å². The standard InChI is InChI=1S/C24H19ClFN3O6/c1-12-22-15(8-17(28-23(22)35-29-12)13-4-6-14(26)7-5-13)24(31)34-11-21(30)27-18-10-19(32-2)16(25)9-20(18)33-3/h4-10H,11H2,1-3H3,(H,27,30). The van der Waals surface area contributed by atoms with E-state index in [1.807, 2.05) is 0 Å². The lowest BCUT2D eigenvalue weighted by atomic mass is 10.1. The van der Waals surface area contributed by atoms with Crippen molar-refractivity contribution in [2.24, 2.45) is 0 Å². The minimum absolute atomic E-state index is 0.103. The first kappa shape index (κ1) is 24.0. The summed E-state index contributed by atoms with van der Waals surface area (Å²) in [5.74, 6) is -1.19. The van der Waals surface area contributed by atoms with Gasteiger partial charge in [-0.3, -0.25) is 4.79 Å². The molecule has 0 saturated heterocycles. The highest BCUT2D eigenvalue weighted by atomic mass is 35.5. The smallest absolute Gasteiger partial charge is 0.339 e. The lowest BCUT2D eigenvalue weighted by Crippen LogP contribution is -2.21. The van der Waals surface area contributed by atoms with Crippen molar-refractivity contribution in [1.82, 2.24) is 10.1 Å². The van der Waals surface area contributed by atoms with E-state index in [0.717, 1.165) is 0 Å². The molecule has 4 rings (SSSR count). The summed E-state index contributed by atoms with van der Waals surface area (Å²) in [5, 5.41) is 7.11. The molecule has 4 aromatic rings. The van der Waals surface area contributed by atoms with Gasteiger partial charge in [-0.05, 0) is 37.3 Å². The Kier molecular flexibility index (Phi) is 6.83. The van der Waals surface area contributed by atoms with Crippen LogP contribution in [0.2, 0.25) is 5.02 Å². The molecule has 0 aliphatic carbocycles. The molecule has 0 radical (unpaired) electrons. The maximum Gasteiger partial charge on any atom is 0.339 e. The zero-order chi connectivity index (χ0) is 25.1. The third kappa shape index (κ3) is 5.02. The summed E-state index contributed by atoms with van der Waals surface area (Å²) in [7, 11) is 2.85. The number of rotatable bonds is 7. The zero-order valence-electron chi connectivity index (χ0n) is 18.8. The van der Waals surface area contributed by atoms with Gasteiger partial charge in [0.25, 0.3) is 11.6 Å². The molecule has 9 nitrogen and oxygen atoms in total. The number of pyridine rings is 1. The largest absolute Gasteiger partial charge is 0.495 e. The Morgan fingerprint density at radius 3 is 2.49 bits per heavy atom. The minimum Gasteiger partial charge on any atom is -0.495 e. The van der Waals surface area contributed by atoms with Gasteiger partial charge in [0.2, 0.25) is 0 Å². The summed E-state index contributed by atoms with van der Waals surface area (Å²) in [5.41, 5.74) is 1.83. The number of amides is 1. The van der Waals surface area contributed by atoms with Crippen LogP contribution in [0.3, 0.4) is 0 Å². The first-order valence-electron chi connectivity index (χ1n) is 10.2. The lowest BCUT2D eigenvalue weighted by Gasteiger charge is -2.13. The van der Waals surface area contributed by atoms with Crippen LogP contribution in [0.25, 0.3) is 22.4 Å². The van der Waals surface area contributed by atoms with Gasteiger partial charge in [-0.1, -0.05) is 16.8 Å². The number of ether oxygens (including phenoxy) is 3. The summed E-state index contributed by atoms with van der Waals surface area (Å²) in [6, 6.07) is 10.0. The van der Waals surface area contributed by atoms with Crippen molar-refractivity contribution in [2.45, 2.75) is 6.92 Å². The number of hydrogen-bond donors (Lipinski definition) is 1. The second-order valence-electron chi connectivity index (χ2n) is 7.32. The average molecular weight is 500 g/mol. The van der Waals surface area contributed by atoms with Crippen molar-refractivity contribution >= 4 is 40.3 Å². The van der Waals surface area contributed by atoms with E-state index in [9.17, 15) is 14.0 Å². The Morgan fingerprint density at radius 2 is 1.80 bits per heavy atom. The molecule has 0 bridgehead atoms. The predicted octanol–water partition coefficient (Wildman–Crippen LogP) is 4.80. The van der Waals surface area contributed by atoms with E-state index in [0.29, 0.717) is 38.9 Å². The Labute approximate surface area is 203 Å². The van der Waals surface area contributed by atoms with E-state index in [2.05, 4.69) is 15.5 Å². The first-order chi connectivity index (χ1) is 16.8. The van der Waals surface area contributed by atoms with Gasteiger partial charge >= 0.3 is 5.97 Å². The summed E-state index contributed by atoms with van der Waals surface area (Å²) in [4.78, 5) is 29.8. The normalized spacial score (nSPS) is 10.8. The summed E-state index contributed by atoms with van der Waals surface area (Å²) >= 11 is 6.08. The van der Waals surface area contributed by atoms with Crippen molar-refractivity contribution in [3.63, 3.8) is 0 Å². The number of methoxy groups -OCH3 is 2. The summed E-state index contributed by atoms with van der Waals surface area (Å²) in [6.45, 7) is 1.06. The molecule has 0 aliphatic heterocycles. The Hall–Kier alpha value is -4.18. The van der Waals surface area contributed by atoms with Crippen LogP contribution in [0.5, 0.6) is 11.5 Å². The quantitative estimate of drug-likeness (QED) is 0.361. The van der Waals surface area contributed by atoms with Crippen molar-refractivity contribution < 1.29 is 32.7 Å². The molecule has 11 heteroatoms. The van der Waals surface area contributed by atoms with Gasteiger partial charge in [0, 0.05) is 17.7 Å². The van der Waals surface area contributed by atoms with Gasteiger partial charge in [0.1, 0.15) is 17.3 Å². The van der Waals surface area contributed by atoms with E-state index in [1.54, 1.807) is 6.92 Å². The number of carbonyl (C=O) groups excluding carboxylic acids is 2. The Bertz CT molecular complexity index is 1420. The van der Waals surface area contributed by atoms with Crippen LogP contribution in [0.1, 0.15) is 16.1 Å². The summed E-state index contributed by atoms with van der Waals surface area (Å²) < 4.78 is 34.2. The summed E-state index contributed by atoms with van der Waals surface area (Å²) in [6.07, 6.45) is 0. The molecule has 0 aliphatic rings. The van der Waals surface area contributed by atoms with Crippen molar-refractivity contribution in [2.75, 3.05) is 26.1 Å². The number of anilines is 1. The number of benzene rings is 2. The van der Waals surface area contributed by atoms with Gasteiger partial charge in [-0.25, -0.2) is 14.2 Å². The fourth-order valence-electron chi connectivity index (χ4n) is 3.38. The van der Waals surface area contributed by atoms with Gasteiger partial charge in [-0.15, -0.1) is 0 Å². The zero-order valence-corrected chi connectivity index (χ0v) is 19.6. The molecule has 35 heavy (non-hydrogen) atoms. The number of fused-ring (bicyclic) bond motifs is 1. The predicted molar refractivity (Wildman–Crippen MR) is 125 cm³/mol. The minimum atomic E-state index is -0.789. The van der Waals surface area contributed by atoms with Crippen LogP contribution < -0.4 is 14.8 Å². The number of aryl methyl sites for hydroxylation is 1. The first-order valence-corrected chi connectivity index (χ1v) is 10.6. The molecule has 0 spiro atoms. The number of halogens is 2. The Balaban J connectivity index is 1.56. The molecular weight excluding hydrogens is 481 g/mol. The van der Waals surface area contributed by atoms with E-state index >= 15 is 0 Å². The van der Waals surface area contributed by atoms with Gasteiger partial charge in [-0.2, -0.15) is 0 Å². The molecule has 0 atom stereocenters. The average Bonchev–Trinajstić information content (AvgIpc) is 3.23. The number of nitrogens with zero attached hydrogens (tertiary/aromatic N) is 2. The van der Waals surface area contributed by atoms with E-state index in [-0.39, 0.29) is 17.0 Å². The number of hydrogen-bond acceptors (Lipinski definition) is 8. The topological polar surface area (TPSA) is 113 Å². The van der Waals surface area contributed by atoms with Gasteiger partial charge in [0.05, 0.1) is 47.3 Å². The third-order valence-corrected chi connectivity index (χ3v) is 5.35. The number of aromatic nitrogens is 2. The number of carbonyl (C=O) groups is 2. The molecule has 180 valence electrons. The van der Waals surface area contributed by atoms with Crippen molar-refractivity contribution in [3.8, 4) is 22.8 Å². The maximum absolute atomic E-state index is 13.3. The monoisotopic (exact) mass is 499 g/mol. The highest BCUT2D eigenvalue weighted by molar-refractivity contribution is 6.32. The van der Waals surface area contributed by atoms with Crippen LogP contribution in [-0.2, 0) is 9.53 Å². The fraction of sp³-hybridized carbons (Fsp3) is 0.167. The molecule has 0 fully saturated rings. The van der Waals surface area contributed by atoms with Crippen LogP contribution in [-0.4, -0.2) is 42.8 Å².